The van der Waals surface area contributed by atoms with Crippen LogP contribution in [-0.2, 0) is 10.2 Å². The molecule has 0 atom stereocenters. The fraction of sp³-hybridized carbons (Fsp3) is 0.273. The minimum atomic E-state index is -0.684. The number of anilines is 1. The van der Waals surface area contributed by atoms with Gasteiger partial charge in [-0.05, 0) is 31.5 Å². The zero-order valence-corrected chi connectivity index (χ0v) is 8.63. The lowest BCUT2D eigenvalue weighted by molar-refractivity contribution is -0.125. The van der Waals surface area contributed by atoms with Crippen LogP contribution in [0.2, 0.25) is 0 Å². The maximum Gasteiger partial charge on any atom is 0.258 e. The zero-order valence-electron chi connectivity index (χ0n) is 8.63. The highest BCUT2D eigenvalue weighted by atomic mass is 16.2. The van der Waals surface area contributed by atoms with Gasteiger partial charge >= 0.3 is 0 Å². The fourth-order valence-corrected chi connectivity index (χ4v) is 1.74. The number of carbonyl (C=O) groups excluding carboxylic acids is 2. The molecular weight excluding hydrogens is 192 g/mol. The number of imide groups is 1. The number of nitrogens with two attached hydrogens (primary N) is 1. The first-order valence-electron chi connectivity index (χ1n) is 4.68. The van der Waals surface area contributed by atoms with Crippen molar-refractivity contribution in [2.75, 3.05) is 5.73 Å². The molecule has 2 rings (SSSR count). The van der Waals surface area contributed by atoms with Crippen molar-refractivity contribution in [3.05, 3.63) is 29.3 Å². The van der Waals surface area contributed by atoms with Crippen molar-refractivity contribution in [1.82, 2.24) is 5.32 Å². The number of nitrogen functional groups attached to an aromatic ring is 1. The summed E-state index contributed by atoms with van der Waals surface area (Å²) in [6, 6.07) is 5.03. The molecule has 4 heteroatoms. The minimum Gasteiger partial charge on any atom is -0.399 e. The number of fused-ring (bicyclic) bond motifs is 1. The number of amides is 2. The molecule has 15 heavy (non-hydrogen) atoms. The highest BCUT2D eigenvalue weighted by Gasteiger charge is 2.38. The van der Waals surface area contributed by atoms with Crippen molar-refractivity contribution in [3.63, 3.8) is 0 Å². The number of hydrogen-bond acceptors (Lipinski definition) is 3. The molecule has 78 valence electrons. The summed E-state index contributed by atoms with van der Waals surface area (Å²) in [5, 5.41) is 2.32. The molecule has 0 bridgehead atoms. The number of carbonyl (C=O) groups is 2. The summed E-state index contributed by atoms with van der Waals surface area (Å²) in [4.78, 5) is 23.2. The van der Waals surface area contributed by atoms with Crippen LogP contribution in [0, 0.1) is 0 Å². The Labute approximate surface area is 87.5 Å². The molecule has 0 fully saturated rings. The summed E-state index contributed by atoms with van der Waals surface area (Å²) in [5.41, 5.74) is 6.65. The summed E-state index contributed by atoms with van der Waals surface area (Å²) in [6.07, 6.45) is 0. The monoisotopic (exact) mass is 204 g/mol. The van der Waals surface area contributed by atoms with E-state index in [0.29, 0.717) is 11.3 Å². The molecule has 3 N–H and O–H groups in total. The average molecular weight is 204 g/mol. The van der Waals surface area contributed by atoms with E-state index in [-0.39, 0.29) is 11.8 Å². The Morgan fingerprint density at radius 2 is 1.93 bits per heavy atom. The molecular formula is C11H12N2O2. The van der Waals surface area contributed by atoms with Crippen LogP contribution < -0.4 is 11.1 Å². The molecule has 0 radical (unpaired) electrons. The van der Waals surface area contributed by atoms with Gasteiger partial charge in [0, 0.05) is 11.3 Å². The molecule has 1 heterocycles. The number of nitrogens with one attached hydrogen (secondary N) is 1. The lowest BCUT2D eigenvalue weighted by Gasteiger charge is -2.30. The second-order valence-corrected chi connectivity index (χ2v) is 4.21. The molecule has 0 unspecified atom stereocenters. The van der Waals surface area contributed by atoms with Gasteiger partial charge in [-0.3, -0.25) is 14.9 Å². The van der Waals surface area contributed by atoms with Crippen LogP contribution in [0.4, 0.5) is 5.69 Å². The van der Waals surface area contributed by atoms with E-state index >= 15 is 0 Å². The fourth-order valence-electron chi connectivity index (χ4n) is 1.74. The number of rotatable bonds is 0. The summed E-state index contributed by atoms with van der Waals surface area (Å²) in [7, 11) is 0. The molecule has 1 aliphatic rings. The van der Waals surface area contributed by atoms with E-state index in [1.807, 2.05) is 0 Å². The number of benzene rings is 1. The Kier molecular flexibility index (Phi) is 1.83. The predicted molar refractivity (Wildman–Crippen MR) is 56.4 cm³/mol. The van der Waals surface area contributed by atoms with Gasteiger partial charge < -0.3 is 5.73 Å². The smallest absolute Gasteiger partial charge is 0.258 e. The third-order valence-electron chi connectivity index (χ3n) is 2.76. The Morgan fingerprint density at radius 1 is 1.27 bits per heavy atom. The van der Waals surface area contributed by atoms with Crippen LogP contribution in [0.5, 0.6) is 0 Å². The molecule has 1 aromatic rings. The van der Waals surface area contributed by atoms with Crippen LogP contribution in [0.3, 0.4) is 0 Å². The van der Waals surface area contributed by atoms with Gasteiger partial charge in [-0.1, -0.05) is 6.07 Å². The van der Waals surface area contributed by atoms with E-state index in [2.05, 4.69) is 5.32 Å². The Morgan fingerprint density at radius 3 is 2.60 bits per heavy atom. The maximum atomic E-state index is 11.6. The van der Waals surface area contributed by atoms with E-state index in [9.17, 15) is 9.59 Å². The van der Waals surface area contributed by atoms with Gasteiger partial charge in [0.05, 0.1) is 5.41 Å². The van der Waals surface area contributed by atoms with Gasteiger partial charge in [0.15, 0.2) is 0 Å². The quantitative estimate of drug-likeness (QED) is 0.485. The number of hydrogen-bond donors (Lipinski definition) is 2. The standard InChI is InChI=1S/C11H12N2O2/c1-11(2)8-4-3-6(12)5-7(8)9(14)13-10(11)15/h3-5H,12H2,1-2H3,(H,13,14,15). The van der Waals surface area contributed by atoms with E-state index in [4.69, 9.17) is 5.73 Å². The second kappa shape index (κ2) is 2.82. The highest BCUT2D eigenvalue weighted by molar-refractivity contribution is 6.13. The average Bonchev–Trinajstić information content (AvgIpc) is 2.15. The summed E-state index contributed by atoms with van der Waals surface area (Å²) in [5.74, 6) is -0.647. The predicted octanol–water partition coefficient (Wildman–Crippen LogP) is 0.816. The molecule has 0 saturated carbocycles. The van der Waals surface area contributed by atoms with Gasteiger partial charge in [0.1, 0.15) is 0 Å². The summed E-state index contributed by atoms with van der Waals surface area (Å²) < 4.78 is 0. The van der Waals surface area contributed by atoms with Crippen molar-refractivity contribution >= 4 is 17.5 Å². The van der Waals surface area contributed by atoms with E-state index in [0.717, 1.165) is 5.56 Å². The van der Waals surface area contributed by atoms with Crippen LogP contribution in [0.25, 0.3) is 0 Å². The molecule has 0 aromatic heterocycles. The van der Waals surface area contributed by atoms with Crippen LogP contribution in [0.15, 0.2) is 18.2 Å². The lowest BCUT2D eigenvalue weighted by Crippen LogP contribution is -2.48. The molecule has 1 aliphatic heterocycles. The largest absolute Gasteiger partial charge is 0.399 e. The Balaban J connectivity index is 2.70. The SMILES string of the molecule is CC1(C)C(=O)NC(=O)c2cc(N)ccc21. The van der Waals surface area contributed by atoms with Crippen LogP contribution in [-0.4, -0.2) is 11.8 Å². The first-order chi connectivity index (χ1) is 6.93. The molecule has 1 aromatic carbocycles. The Hall–Kier alpha value is -1.84. The second-order valence-electron chi connectivity index (χ2n) is 4.21. The van der Waals surface area contributed by atoms with Gasteiger partial charge in [0.25, 0.3) is 5.91 Å². The van der Waals surface area contributed by atoms with E-state index < -0.39 is 5.41 Å². The van der Waals surface area contributed by atoms with Crippen molar-refractivity contribution in [2.24, 2.45) is 0 Å². The lowest BCUT2D eigenvalue weighted by atomic mass is 9.78. The molecule has 0 saturated heterocycles. The molecule has 4 nitrogen and oxygen atoms in total. The molecule has 2 amide bonds. The zero-order chi connectivity index (χ0) is 11.2. The summed E-state index contributed by atoms with van der Waals surface area (Å²) in [6.45, 7) is 3.56. The molecule has 0 aliphatic carbocycles. The van der Waals surface area contributed by atoms with Crippen molar-refractivity contribution in [2.45, 2.75) is 19.3 Å². The highest BCUT2D eigenvalue weighted by Crippen LogP contribution is 2.31. The summed E-state index contributed by atoms with van der Waals surface area (Å²) >= 11 is 0. The van der Waals surface area contributed by atoms with E-state index in [1.165, 1.54) is 0 Å². The van der Waals surface area contributed by atoms with Gasteiger partial charge in [0.2, 0.25) is 5.91 Å². The van der Waals surface area contributed by atoms with Crippen molar-refractivity contribution in [3.8, 4) is 0 Å². The Bertz CT molecular complexity index is 464. The van der Waals surface area contributed by atoms with Gasteiger partial charge in [-0.2, -0.15) is 0 Å². The van der Waals surface area contributed by atoms with E-state index in [1.54, 1.807) is 32.0 Å². The third-order valence-corrected chi connectivity index (χ3v) is 2.76. The van der Waals surface area contributed by atoms with Gasteiger partial charge in [-0.15, -0.1) is 0 Å². The first-order valence-corrected chi connectivity index (χ1v) is 4.68. The minimum absolute atomic E-state index is 0.273. The van der Waals surface area contributed by atoms with Crippen molar-refractivity contribution in [1.29, 1.82) is 0 Å². The van der Waals surface area contributed by atoms with Crippen LogP contribution >= 0.6 is 0 Å². The first kappa shape index (κ1) is 9.71. The normalized spacial score (nSPS) is 18.3. The maximum absolute atomic E-state index is 11.6. The topological polar surface area (TPSA) is 72.2 Å². The molecule has 0 spiro atoms. The van der Waals surface area contributed by atoms with Crippen LogP contribution in [0.1, 0.15) is 29.8 Å². The van der Waals surface area contributed by atoms with Gasteiger partial charge in [-0.25, -0.2) is 0 Å². The van der Waals surface area contributed by atoms with Crippen molar-refractivity contribution < 1.29 is 9.59 Å². The third kappa shape index (κ3) is 1.29.